The van der Waals surface area contributed by atoms with Gasteiger partial charge in [0.05, 0.1) is 18.8 Å². The summed E-state index contributed by atoms with van der Waals surface area (Å²) in [5.41, 5.74) is -0.217. The Morgan fingerprint density at radius 1 is 1.34 bits per heavy atom. The molecular weight excluding hydrogens is 372 g/mol. The lowest BCUT2D eigenvalue weighted by atomic mass is 9.59. The molecule has 5 atom stereocenters. The van der Waals surface area contributed by atoms with Crippen LogP contribution in [0.1, 0.15) is 48.9 Å². The van der Waals surface area contributed by atoms with Gasteiger partial charge in [-0.2, -0.15) is 0 Å². The minimum absolute atomic E-state index is 0.0446. The molecular formula is C22H28N2O5. The fraction of sp³-hybridized carbons (Fsp3) is 0.636. The van der Waals surface area contributed by atoms with E-state index >= 15 is 0 Å². The summed E-state index contributed by atoms with van der Waals surface area (Å²) in [6, 6.07) is 5.26. The fourth-order valence-corrected chi connectivity index (χ4v) is 5.81. The molecule has 7 heteroatoms. The van der Waals surface area contributed by atoms with Crippen LogP contribution in [0, 0.1) is 17.8 Å². The van der Waals surface area contributed by atoms with Gasteiger partial charge in [0.1, 0.15) is 11.5 Å². The maximum atomic E-state index is 13.2. The standard InChI is InChI=1S/C22H28N2O5/c1-28-16-6-7-17-19(10-16)29-22(23-20(17)26)11-13-4-5-14(22)9-18(13)21(27)24-8-2-3-15(25)12-24/h6-7,10,13-15,18,25H,2-5,8-9,11-12H2,1H3,(H,23,26)/t13-,14+,15-,18-,22+/m1/s1. The molecule has 5 aliphatic rings. The van der Waals surface area contributed by atoms with Crippen LogP contribution in [0.25, 0.3) is 0 Å². The number of aliphatic hydroxyl groups excluding tert-OH is 1. The van der Waals surface area contributed by atoms with Gasteiger partial charge in [-0.1, -0.05) is 0 Å². The van der Waals surface area contributed by atoms with Crippen molar-refractivity contribution in [1.82, 2.24) is 10.2 Å². The molecule has 1 aromatic rings. The molecule has 7 nitrogen and oxygen atoms in total. The monoisotopic (exact) mass is 400 g/mol. The van der Waals surface area contributed by atoms with Crippen molar-refractivity contribution in [2.24, 2.45) is 17.8 Å². The summed E-state index contributed by atoms with van der Waals surface area (Å²) < 4.78 is 11.7. The molecule has 29 heavy (non-hydrogen) atoms. The molecule has 0 radical (unpaired) electrons. The van der Waals surface area contributed by atoms with E-state index in [-0.39, 0.29) is 29.6 Å². The highest BCUT2D eigenvalue weighted by Gasteiger charge is 2.57. The van der Waals surface area contributed by atoms with Crippen LogP contribution in [0.3, 0.4) is 0 Å². The van der Waals surface area contributed by atoms with E-state index in [2.05, 4.69) is 5.32 Å². The maximum absolute atomic E-state index is 13.2. The Kier molecular flexibility index (Phi) is 4.46. The maximum Gasteiger partial charge on any atom is 0.258 e. The predicted octanol–water partition coefficient (Wildman–Crippen LogP) is 1.93. The van der Waals surface area contributed by atoms with Crippen molar-refractivity contribution in [1.29, 1.82) is 0 Å². The largest absolute Gasteiger partial charge is 0.497 e. The van der Waals surface area contributed by atoms with E-state index in [4.69, 9.17) is 9.47 Å². The molecule has 1 spiro atoms. The van der Waals surface area contributed by atoms with Crippen LogP contribution in [0.2, 0.25) is 0 Å². The second kappa shape index (κ2) is 6.90. The number of fused-ring (bicyclic) bond motifs is 3. The number of amides is 2. The van der Waals surface area contributed by atoms with Crippen molar-refractivity contribution in [2.75, 3.05) is 20.2 Å². The molecule has 2 bridgehead atoms. The third kappa shape index (κ3) is 3.06. The first-order chi connectivity index (χ1) is 14.0. The lowest BCUT2D eigenvalue weighted by Crippen LogP contribution is -2.67. The van der Waals surface area contributed by atoms with E-state index in [1.165, 1.54) is 0 Å². The zero-order chi connectivity index (χ0) is 20.2. The fourth-order valence-electron chi connectivity index (χ4n) is 5.81. The average Bonchev–Trinajstić information content (AvgIpc) is 2.73. The number of rotatable bonds is 2. The second-order valence-corrected chi connectivity index (χ2v) is 8.97. The Morgan fingerprint density at radius 3 is 2.93 bits per heavy atom. The number of carbonyl (C=O) groups is 2. The topological polar surface area (TPSA) is 88.1 Å². The van der Waals surface area contributed by atoms with Crippen LogP contribution >= 0.6 is 0 Å². The molecule has 156 valence electrons. The number of β-amino-alcohol motifs (C(OH)–C–C–N with tert-alkyl or cyclic N) is 1. The summed E-state index contributed by atoms with van der Waals surface area (Å²) in [5, 5.41) is 13.1. The molecule has 3 saturated carbocycles. The summed E-state index contributed by atoms with van der Waals surface area (Å²) in [7, 11) is 1.59. The lowest BCUT2D eigenvalue weighted by molar-refractivity contribution is -0.157. The van der Waals surface area contributed by atoms with E-state index < -0.39 is 11.8 Å². The highest BCUT2D eigenvalue weighted by molar-refractivity contribution is 5.98. The van der Waals surface area contributed by atoms with E-state index in [0.29, 0.717) is 30.0 Å². The second-order valence-electron chi connectivity index (χ2n) is 8.97. The Labute approximate surface area is 170 Å². The van der Waals surface area contributed by atoms with Crippen LogP contribution in [0.4, 0.5) is 0 Å². The van der Waals surface area contributed by atoms with Gasteiger partial charge < -0.3 is 24.8 Å². The molecule has 4 fully saturated rings. The van der Waals surface area contributed by atoms with Crippen LogP contribution in [0.5, 0.6) is 11.5 Å². The molecule has 6 rings (SSSR count). The molecule has 2 heterocycles. The van der Waals surface area contributed by atoms with Crippen molar-refractivity contribution in [2.45, 2.75) is 50.4 Å². The molecule has 0 unspecified atom stereocenters. The highest BCUT2D eigenvalue weighted by Crippen LogP contribution is 2.53. The van der Waals surface area contributed by atoms with E-state index in [9.17, 15) is 14.7 Å². The molecule has 1 aromatic carbocycles. The van der Waals surface area contributed by atoms with E-state index in [0.717, 1.165) is 38.6 Å². The first-order valence-corrected chi connectivity index (χ1v) is 10.7. The average molecular weight is 400 g/mol. The summed E-state index contributed by atoms with van der Waals surface area (Å²) >= 11 is 0. The molecule has 2 aliphatic heterocycles. The Balaban J connectivity index is 1.37. The zero-order valence-corrected chi connectivity index (χ0v) is 16.7. The molecule has 2 amide bonds. The minimum Gasteiger partial charge on any atom is -0.497 e. The van der Waals surface area contributed by atoms with Crippen molar-refractivity contribution >= 4 is 11.8 Å². The van der Waals surface area contributed by atoms with Gasteiger partial charge >= 0.3 is 0 Å². The van der Waals surface area contributed by atoms with Crippen molar-refractivity contribution in [3.63, 3.8) is 0 Å². The van der Waals surface area contributed by atoms with Crippen molar-refractivity contribution in [3.05, 3.63) is 23.8 Å². The summed E-state index contributed by atoms with van der Waals surface area (Å²) in [6.45, 7) is 1.17. The third-order valence-electron chi connectivity index (χ3n) is 7.29. The number of hydrogen-bond donors (Lipinski definition) is 2. The van der Waals surface area contributed by atoms with Gasteiger partial charge in [0.15, 0.2) is 5.72 Å². The summed E-state index contributed by atoms with van der Waals surface area (Å²) in [5.74, 6) is 1.49. The number of nitrogens with one attached hydrogen (secondary N) is 1. The van der Waals surface area contributed by atoms with Crippen LogP contribution in [-0.2, 0) is 4.79 Å². The quantitative estimate of drug-likeness (QED) is 0.792. The number of aliphatic hydroxyl groups is 1. The van der Waals surface area contributed by atoms with Crippen LogP contribution in [0.15, 0.2) is 18.2 Å². The van der Waals surface area contributed by atoms with Gasteiger partial charge in [-0.05, 0) is 50.2 Å². The van der Waals surface area contributed by atoms with Crippen molar-refractivity contribution in [3.8, 4) is 11.5 Å². The number of nitrogens with zero attached hydrogens (tertiary/aromatic N) is 1. The van der Waals surface area contributed by atoms with Gasteiger partial charge in [-0.25, -0.2) is 0 Å². The van der Waals surface area contributed by atoms with E-state index in [1.807, 2.05) is 4.90 Å². The molecule has 0 aromatic heterocycles. The van der Waals surface area contributed by atoms with Gasteiger partial charge in [0.2, 0.25) is 5.91 Å². The minimum atomic E-state index is -0.739. The Bertz CT molecular complexity index is 842. The lowest BCUT2D eigenvalue weighted by Gasteiger charge is -2.55. The number of carbonyl (C=O) groups excluding carboxylic acids is 2. The van der Waals surface area contributed by atoms with Gasteiger partial charge in [-0.15, -0.1) is 0 Å². The van der Waals surface area contributed by atoms with Gasteiger partial charge in [-0.3, -0.25) is 9.59 Å². The van der Waals surface area contributed by atoms with Gasteiger partial charge in [0, 0.05) is 37.4 Å². The van der Waals surface area contributed by atoms with Gasteiger partial charge in [0.25, 0.3) is 5.91 Å². The number of benzene rings is 1. The first-order valence-electron chi connectivity index (χ1n) is 10.7. The highest BCUT2D eigenvalue weighted by atomic mass is 16.5. The number of methoxy groups -OCH3 is 1. The molecule has 2 N–H and O–H groups in total. The number of ether oxygens (including phenoxy) is 2. The molecule has 3 aliphatic carbocycles. The zero-order valence-electron chi connectivity index (χ0n) is 16.7. The van der Waals surface area contributed by atoms with E-state index in [1.54, 1.807) is 25.3 Å². The number of piperidine rings is 1. The third-order valence-corrected chi connectivity index (χ3v) is 7.29. The summed E-state index contributed by atoms with van der Waals surface area (Å²) in [6.07, 6.45) is 4.50. The number of likely N-dealkylation sites (tertiary alicyclic amines) is 1. The summed E-state index contributed by atoms with van der Waals surface area (Å²) in [4.78, 5) is 27.8. The normalized spacial score (nSPS) is 35.7. The smallest absolute Gasteiger partial charge is 0.258 e. The van der Waals surface area contributed by atoms with Crippen LogP contribution in [-0.4, -0.2) is 53.8 Å². The molecule has 1 saturated heterocycles. The Hall–Kier alpha value is -2.28. The predicted molar refractivity (Wildman–Crippen MR) is 105 cm³/mol. The SMILES string of the molecule is COc1ccc2c(c1)O[C@]1(C[C@H]3CC[C@H]1C[C@H]3C(=O)N1CCC[C@@H](O)C1)NC2=O. The first kappa shape index (κ1) is 18.7. The Morgan fingerprint density at radius 2 is 2.21 bits per heavy atom. The van der Waals surface area contributed by atoms with Crippen molar-refractivity contribution < 1.29 is 24.2 Å². The number of hydrogen-bond acceptors (Lipinski definition) is 5. The van der Waals surface area contributed by atoms with Crippen LogP contribution < -0.4 is 14.8 Å².